The summed E-state index contributed by atoms with van der Waals surface area (Å²) in [5.41, 5.74) is 2.82. The van der Waals surface area contributed by atoms with Crippen LogP contribution in [0.3, 0.4) is 0 Å². The minimum Gasteiger partial charge on any atom is -0.493 e. The molecule has 3 aliphatic rings. The van der Waals surface area contributed by atoms with Crippen LogP contribution in [-0.2, 0) is 16.2 Å². The van der Waals surface area contributed by atoms with E-state index in [2.05, 4.69) is 23.3 Å². The summed E-state index contributed by atoms with van der Waals surface area (Å²) >= 11 is 0. The molecule has 0 aromatic heterocycles. The summed E-state index contributed by atoms with van der Waals surface area (Å²) in [7, 11) is 3.10. The summed E-state index contributed by atoms with van der Waals surface area (Å²) in [5.74, 6) is 0.762. The van der Waals surface area contributed by atoms with E-state index in [1.54, 1.807) is 26.4 Å². The van der Waals surface area contributed by atoms with Crippen LogP contribution in [0.1, 0.15) is 23.1 Å². The third-order valence-corrected chi connectivity index (χ3v) is 6.72. The summed E-state index contributed by atoms with van der Waals surface area (Å²) in [4.78, 5) is 25.7. The number of hydrazone groups is 1. The van der Waals surface area contributed by atoms with Crippen LogP contribution in [0, 0.1) is 30.6 Å². The predicted molar refractivity (Wildman–Crippen MR) is 122 cm³/mol. The maximum Gasteiger partial charge on any atom is 0.254 e. The summed E-state index contributed by atoms with van der Waals surface area (Å²) < 4.78 is 17.1. The average molecular weight is 447 g/mol. The zero-order chi connectivity index (χ0) is 23.1. The predicted octanol–water partition coefficient (Wildman–Crippen LogP) is 3.73. The molecule has 7 heteroatoms. The lowest BCUT2D eigenvalue weighted by molar-refractivity contribution is -0.140. The zero-order valence-electron chi connectivity index (χ0n) is 18.9. The molecule has 2 aromatic carbocycles. The van der Waals surface area contributed by atoms with Crippen LogP contribution in [-0.4, -0.2) is 37.3 Å². The number of nitrogens with zero attached hydrogens (tertiary/aromatic N) is 2. The summed E-state index contributed by atoms with van der Waals surface area (Å²) in [6.45, 7) is 2.39. The van der Waals surface area contributed by atoms with E-state index in [-0.39, 0.29) is 35.5 Å². The Balaban J connectivity index is 1.36. The zero-order valence-corrected chi connectivity index (χ0v) is 18.9. The van der Waals surface area contributed by atoms with Gasteiger partial charge in [0.25, 0.3) is 11.8 Å². The molecule has 1 saturated heterocycles. The molecule has 2 fully saturated rings. The van der Waals surface area contributed by atoms with Crippen molar-refractivity contribution in [1.29, 1.82) is 0 Å². The van der Waals surface area contributed by atoms with Gasteiger partial charge in [0.15, 0.2) is 11.5 Å². The fourth-order valence-corrected chi connectivity index (χ4v) is 5.20. The van der Waals surface area contributed by atoms with Gasteiger partial charge in [-0.2, -0.15) is 10.1 Å². The van der Waals surface area contributed by atoms with Crippen molar-refractivity contribution in [1.82, 2.24) is 5.01 Å². The highest BCUT2D eigenvalue weighted by molar-refractivity contribution is 6.06. The van der Waals surface area contributed by atoms with Crippen molar-refractivity contribution in [3.05, 3.63) is 65.2 Å². The topological polar surface area (TPSA) is 77.4 Å². The average Bonchev–Trinajstić information content (AvgIpc) is 3.50. The Labute approximate surface area is 192 Å². The number of fused-ring (bicyclic) bond motifs is 5. The smallest absolute Gasteiger partial charge is 0.254 e. The van der Waals surface area contributed by atoms with Crippen LogP contribution < -0.4 is 14.2 Å². The van der Waals surface area contributed by atoms with Crippen LogP contribution in [0.4, 0.5) is 0 Å². The first-order chi connectivity index (χ1) is 16.0. The molecule has 4 unspecified atom stereocenters. The third-order valence-electron chi connectivity index (χ3n) is 6.72. The van der Waals surface area contributed by atoms with Crippen molar-refractivity contribution in [2.45, 2.75) is 20.0 Å². The highest BCUT2D eigenvalue weighted by Gasteiger charge is 2.59. The van der Waals surface area contributed by atoms with Gasteiger partial charge in [0.2, 0.25) is 5.75 Å². The first-order valence-electron chi connectivity index (χ1n) is 11.0. The monoisotopic (exact) mass is 446 g/mol. The van der Waals surface area contributed by atoms with Gasteiger partial charge >= 0.3 is 0 Å². The molecule has 0 spiro atoms. The van der Waals surface area contributed by atoms with E-state index in [0.717, 1.165) is 22.6 Å². The molecular weight excluding hydrogens is 420 g/mol. The fourth-order valence-electron chi connectivity index (χ4n) is 5.20. The van der Waals surface area contributed by atoms with E-state index in [1.165, 1.54) is 6.21 Å². The Morgan fingerprint density at radius 2 is 1.64 bits per heavy atom. The van der Waals surface area contributed by atoms with Crippen LogP contribution >= 0.6 is 0 Å². The molecule has 5 rings (SSSR count). The van der Waals surface area contributed by atoms with Gasteiger partial charge in [0.05, 0.1) is 32.3 Å². The molecule has 0 N–H and O–H groups in total. The van der Waals surface area contributed by atoms with E-state index in [9.17, 15) is 9.59 Å². The molecule has 0 radical (unpaired) electrons. The van der Waals surface area contributed by atoms with E-state index >= 15 is 0 Å². The summed E-state index contributed by atoms with van der Waals surface area (Å²) in [6.07, 6.45) is 6.51. The number of hydrogen-bond acceptors (Lipinski definition) is 6. The summed E-state index contributed by atoms with van der Waals surface area (Å²) in [6, 6.07) is 11.6. The Bertz CT molecular complexity index is 1120. The largest absolute Gasteiger partial charge is 0.493 e. The van der Waals surface area contributed by atoms with Gasteiger partial charge in [-0.05, 0) is 42.9 Å². The van der Waals surface area contributed by atoms with Crippen molar-refractivity contribution in [2.24, 2.45) is 28.8 Å². The second-order valence-corrected chi connectivity index (χ2v) is 8.77. The van der Waals surface area contributed by atoms with Crippen molar-refractivity contribution in [3.8, 4) is 17.2 Å². The lowest BCUT2D eigenvalue weighted by atomic mass is 9.85. The number of amides is 2. The van der Waals surface area contributed by atoms with Gasteiger partial charge in [0.1, 0.15) is 6.61 Å². The third kappa shape index (κ3) is 3.67. The highest BCUT2D eigenvalue weighted by atomic mass is 16.5. The Morgan fingerprint density at radius 1 is 1.00 bits per heavy atom. The lowest BCUT2D eigenvalue weighted by Crippen LogP contribution is -2.28. The van der Waals surface area contributed by atoms with Gasteiger partial charge in [-0.25, -0.2) is 0 Å². The number of hydrogen-bond donors (Lipinski definition) is 0. The fraction of sp³-hybridized carbons (Fsp3) is 0.346. The molecule has 1 aliphatic heterocycles. The van der Waals surface area contributed by atoms with Crippen LogP contribution in [0.5, 0.6) is 17.2 Å². The molecular formula is C26H26N2O5. The van der Waals surface area contributed by atoms with Crippen molar-refractivity contribution in [3.63, 3.8) is 0 Å². The molecule has 33 heavy (non-hydrogen) atoms. The van der Waals surface area contributed by atoms with Gasteiger partial charge in [0, 0.05) is 5.56 Å². The second kappa shape index (κ2) is 8.39. The molecule has 1 saturated carbocycles. The minimum absolute atomic E-state index is 0.154. The van der Waals surface area contributed by atoms with Crippen molar-refractivity contribution >= 4 is 18.0 Å². The maximum atomic E-state index is 12.8. The SMILES string of the molecule is COc1cc(C=NN2C(=O)C3C4C=CC(C4)C3C2=O)cc(OC)c1OCc1cccc(C)c1. The minimum atomic E-state index is -0.272. The molecule has 2 bridgehead atoms. The molecule has 4 atom stereocenters. The molecule has 170 valence electrons. The number of methoxy groups -OCH3 is 2. The molecule has 7 nitrogen and oxygen atoms in total. The number of aryl methyl sites for hydroxylation is 1. The molecule has 2 aliphatic carbocycles. The van der Waals surface area contributed by atoms with E-state index in [1.807, 2.05) is 25.1 Å². The van der Waals surface area contributed by atoms with Gasteiger partial charge < -0.3 is 14.2 Å². The van der Waals surface area contributed by atoms with Crippen molar-refractivity contribution < 1.29 is 23.8 Å². The highest BCUT2D eigenvalue weighted by Crippen LogP contribution is 2.52. The van der Waals surface area contributed by atoms with Crippen LogP contribution in [0.25, 0.3) is 0 Å². The van der Waals surface area contributed by atoms with Crippen LogP contribution in [0.2, 0.25) is 0 Å². The van der Waals surface area contributed by atoms with E-state index < -0.39 is 0 Å². The maximum absolute atomic E-state index is 12.8. The number of ether oxygens (including phenoxy) is 3. The Morgan fingerprint density at radius 3 is 2.21 bits per heavy atom. The summed E-state index contributed by atoms with van der Waals surface area (Å²) in [5, 5.41) is 5.28. The van der Waals surface area contributed by atoms with Crippen LogP contribution in [0.15, 0.2) is 53.7 Å². The molecule has 2 aromatic rings. The Kier molecular flexibility index (Phi) is 5.40. The number of benzene rings is 2. The van der Waals surface area contributed by atoms with Gasteiger partial charge in [-0.15, -0.1) is 0 Å². The number of carbonyl (C=O) groups excluding carboxylic acids is 2. The normalized spacial score (nSPS) is 25.2. The second-order valence-electron chi connectivity index (χ2n) is 8.77. The quantitative estimate of drug-likeness (QED) is 0.368. The first kappa shape index (κ1) is 21.2. The molecule has 1 heterocycles. The van der Waals surface area contributed by atoms with Crippen molar-refractivity contribution in [2.75, 3.05) is 14.2 Å². The number of allylic oxidation sites excluding steroid dienone is 2. The lowest BCUT2D eigenvalue weighted by Gasteiger charge is -2.16. The van der Waals surface area contributed by atoms with E-state index in [4.69, 9.17) is 14.2 Å². The standard InChI is InChI=1S/C26H26N2O5/c1-15-5-4-6-16(9-15)14-33-24-20(31-2)10-17(11-21(24)32-3)13-27-28-25(29)22-18-7-8-19(12-18)23(22)26(28)30/h4-11,13,18-19,22-23H,12,14H2,1-3H3. The Hall–Kier alpha value is -3.61. The number of imide groups is 1. The number of carbonyl (C=O) groups is 2. The van der Waals surface area contributed by atoms with E-state index in [0.29, 0.717) is 29.4 Å². The van der Waals surface area contributed by atoms with Gasteiger partial charge in [-0.1, -0.05) is 42.0 Å². The van der Waals surface area contributed by atoms with Gasteiger partial charge in [-0.3, -0.25) is 9.59 Å². The number of rotatable bonds is 7. The first-order valence-corrected chi connectivity index (χ1v) is 11.0. The molecule has 2 amide bonds.